The maximum atomic E-state index is 10.5. The molecule has 0 aliphatic carbocycles. The highest BCUT2D eigenvalue weighted by molar-refractivity contribution is 7.80. The molecule has 3 heterocycles. The molecule has 0 fully saturated rings. The van der Waals surface area contributed by atoms with Gasteiger partial charge in [0.15, 0.2) is 0 Å². The second kappa shape index (κ2) is 10.5. The third-order valence-corrected chi connectivity index (χ3v) is 5.41. The highest BCUT2D eigenvalue weighted by Crippen LogP contribution is 2.16. The fourth-order valence-electron chi connectivity index (χ4n) is 3.16. The first-order valence-electron chi connectivity index (χ1n) is 11.2. The zero-order chi connectivity index (χ0) is 25.9. The molecule has 0 amide bonds. The van der Waals surface area contributed by atoms with E-state index in [1.54, 1.807) is 10.9 Å². The SMILES string of the molecule is CC(C)(C)n1cc(CN(Cc2cn(CCCOS(=O)(=O)[O-])nn2)Cc2cn(C(C)(C)C)nn2)nn1. The Morgan fingerprint density at radius 2 is 1.29 bits per heavy atom. The maximum absolute atomic E-state index is 10.5. The van der Waals surface area contributed by atoms with Crippen molar-refractivity contribution < 1.29 is 17.2 Å². The monoisotopic (exact) mass is 509 g/mol. The molecule has 194 valence electrons. The van der Waals surface area contributed by atoms with Crippen LogP contribution in [0.5, 0.6) is 0 Å². The molecule has 0 spiro atoms. The molecule has 3 rings (SSSR count). The summed E-state index contributed by atoms with van der Waals surface area (Å²) in [7, 11) is -4.69. The van der Waals surface area contributed by atoms with Crippen molar-refractivity contribution in [3.8, 4) is 0 Å². The number of aromatic nitrogens is 9. The van der Waals surface area contributed by atoms with Gasteiger partial charge in [-0.25, -0.2) is 17.8 Å². The summed E-state index contributed by atoms with van der Waals surface area (Å²) < 4.78 is 41.1. The lowest BCUT2D eigenvalue weighted by molar-refractivity contribution is 0.238. The Kier molecular flexibility index (Phi) is 8.03. The topological polar surface area (TPSA) is 162 Å². The van der Waals surface area contributed by atoms with Crippen LogP contribution in [0.25, 0.3) is 0 Å². The van der Waals surface area contributed by atoms with E-state index in [0.29, 0.717) is 38.3 Å². The minimum absolute atomic E-state index is 0.177. The van der Waals surface area contributed by atoms with Crippen LogP contribution in [0.1, 0.15) is 65.0 Å². The Bertz CT molecular complexity index is 1150. The van der Waals surface area contributed by atoms with Crippen molar-refractivity contribution in [2.24, 2.45) is 0 Å². The van der Waals surface area contributed by atoms with E-state index in [4.69, 9.17) is 0 Å². The Balaban J connectivity index is 1.70. The summed E-state index contributed by atoms with van der Waals surface area (Å²) in [5.74, 6) is 0. The molecule has 0 unspecified atom stereocenters. The Labute approximate surface area is 205 Å². The summed E-state index contributed by atoms with van der Waals surface area (Å²) in [4.78, 5) is 2.12. The van der Waals surface area contributed by atoms with Gasteiger partial charge in [-0.05, 0) is 48.0 Å². The first kappa shape index (κ1) is 26.8. The molecule has 0 saturated heterocycles. The first-order chi connectivity index (χ1) is 16.2. The molecule has 0 saturated carbocycles. The van der Waals surface area contributed by atoms with E-state index < -0.39 is 10.4 Å². The fraction of sp³-hybridized carbons (Fsp3) is 0.700. The minimum Gasteiger partial charge on any atom is -0.726 e. The smallest absolute Gasteiger partial charge is 0.217 e. The van der Waals surface area contributed by atoms with Crippen LogP contribution in [0, 0.1) is 0 Å². The van der Waals surface area contributed by atoms with Gasteiger partial charge >= 0.3 is 0 Å². The lowest BCUT2D eigenvalue weighted by Crippen LogP contribution is -2.24. The van der Waals surface area contributed by atoms with Crippen LogP contribution in [0.4, 0.5) is 0 Å². The molecule has 0 N–H and O–H groups in total. The van der Waals surface area contributed by atoms with Crippen LogP contribution in [0.15, 0.2) is 18.6 Å². The van der Waals surface area contributed by atoms with Gasteiger partial charge in [-0.2, -0.15) is 0 Å². The molecule has 0 radical (unpaired) electrons. The van der Waals surface area contributed by atoms with Gasteiger partial charge in [-0.1, -0.05) is 15.6 Å². The van der Waals surface area contributed by atoms with E-state index in [-0.39, 0.29) is 17.7 Å². The number of hydrogen-bond donors (Lipinski definition) is 0. The van der Waals surface area contributed by atoms with Crippen molar-refractivity contribution in [3.05, 3.63) is 35.7 Å². The summed E-state index contributed by atoms with van der Waals surface area (Å²) >= 11 is 0. The maximum Gasteiger partial charge on any atom is 0.217 e. The normalized spacial score (nSPS) is 13.1. The van der Waals surface area contributed by atoms with Gasteiger partial charge in [0, 0.05) is 32.4 Å². The lowest BCUT2D eigenvalue weighted by atomic mass is 10.1. The summed E-state index contributed by atoms with van der Waals surface area (Å²) in [5, 5.41) is 25.5. The molecule has 0 aliphatic rings. The average Bonchev–Trinajstić information content (AvgIpc) is 3.45. The summed E-state index contributed by atoms with van der Waals surface area (Å²) in [6.45, 7) is 14.0. The van der Waals surface area contributed by atoms with Crippen molar-refractivity contribution in [2.45, 2.75) is 85.2 Å². The standard InChI is InChI=1S/C20H34N10O4S/c1-19(2,3)29-14-17(22-25-29)11-27(12-18-15-30(26-23-18)20(4,5)6)10-16-13-28(24-21-16)8-7-9-34-35(31,32)33/h13-15H,7-12H2,1-6H3,(H,31,32,33)/p-1. The van der Waals surface area contributed by atoms with Crippen LogP contribution in [0.2, 0.25) is 0 Å². The second-order valence-corrected chi connectivity index (χ2v) is 11.4. The van der Waals surface area contributed by atoms with E-state index >= 15 is 0 Å². The van der Waals surface area contributed by atoms with Gasteiger partial charge < -0.3 is 4.55 Å². The predicted molar refractivity (Wildman–Crippen MR) is 123 cm³/mol. The minimum atomic E-state index is -4.69. The van der Waals surface area contributed by atoms with Crippen LogP contribution in [0.3, 0.4) is 0 Å². The quantitative estimate of drug-likeness (QED) is 0.206. The van der Waals surface area contributed by atoms with Crippen LogP contribution in [-0.4, -0.2) is 69.5 Å². The number of hydrogen-bond acceptors (Lipinski definition) is 11. The largest absolute Gasteiger partial charge is 0.726 e. The molecule has 3 aromatic heterocycles. The van der Waals surface area contributed by atoms with E-state index in [1.165, 1.54) is 0 Å². The molecule has 0 aliphatic heterocycles. The average molecular weight is 510 g/mol. The van der Waals surface area contributed by atoms with Crippen LogP contribution < -0.4 is 0 Å². The number of rotatable bonds is 11. The van der Waals surface area contributed by atoms with E-state index in [9.17, 15) is 13.0 Å². The first-order valence-corrected chi connectivity index (χ1v) is 12.6. The van der Waals surface area contributed by atoms with E-state index in [2.05, 4.69) is 81.6 Å². The van der Waals surface area contributed by atoms with Crippen LogP contribution >= 0.6 is 0 Å². The third-order valence-electron chi connectivity index (χ3n) is 4.96. The van der Waals surface area contributed by atoms with Crippen molar-refractivity contribution >= 4 is 10.4 Å². The fourth-order valence-corrected chi connectivity index (χ4v) is 3.48. The molecule has 15 heteroatoms. The zero-order valence-electron chi connectivity index (χ0n) is 21.0. The summed E-state index contributed by atoms with van der Waals surface area (Å²) in [5.41, 5.74) is 1.99. The third kappa shape index (κ3) is 8.45. The Morgan fingerprint density at radius 1 is 0.829 bits per heavy atom. The summed E-state index contributed by atoms with van der Waals surface area (Å²) in [6, 6.07) is 0. The molecular formula is C20H33N10O4S-. The van der Waals surface area contributed by atoms with Gasteiger partial charge in [-0.3, -0.25) is 13.8 Å². The van der Waals surface area contributed by atoms with Gasteiger partial charge in [0.2, 0.25) is 10.4 Å². The highest BCUT2D eigenvalue weighted by atomic mass is 32.3. The lowest BCUT2D eigenvalue weighted by Gasteiger charge is -2.20. The second-order valence-electron chi connectivity index (χ2n) is 10.4. The van der Waals surface area contributed by atoms with Crippen molar-refractivity contribution in [2.75, 3.05) is 6.61 Å². The van der Waals surface area contributed by atoms with Gasteiger partial charge in [0.05, 0.1) is 47.2 Å². The number of nitrogens with zero attached hydrogens (tertiary/aromatic N) is 10. The van der Waals surface area contributed by atoms with Gasteiger partial charge in [-0.15, -0.1) is 15.3 Å². The van der Waals surface area contributed by atoms with Crippen molar-refractivity contribution in [3.63, 3.8) is 0 Å². The van der Waals surface area contributed by atoms with E-state index in [1.807, 2.05) is 21.8 Å². The zero-order valence-corrected chi connectivity index (χ0v) is 21.8. The predicted octanol–water partition coefficient (Wildman–Crippen LogP) is 1.04. The Hall–Kier alpha value is -2.75. The number of aryl methyl sites for hydroxylation is 1. The molecule has 14 nitrogen and oxygen atoms in total. The highest BCUT2D eigenvalue weighted by Gasteiger charge is 2.20. The molecular weight excluding hydrogens is 476 g/mol. The molecule has 0 bridgehead atoms. The van der Waals surface area contributed by atoms with Gasteiger partial charge in [0.1, 0.15) is 0 Å². The summed E-state index contributed by atoms with van der Waals surface area (Å²) in [6.07, 6.45) is 5.94. The van der Waals surface area contributed by atoms with E-state index in [0.717, 1.165) is 11.4 Å². The van der Waals surface area contributed by atoms with Crippen LogP contribution in [-0.2, 0) is 51.8 Å². The molecule has 0 atom stereocenters. The van der Waals surface area contributed by atoms with Crippen molar-refractivity contribution in [1.82, 2.24) is 49.9 Å². The van der Waals surface area contributed by atoms with Gasteiger partial charge in [0.25, 0.3) is 0 Å². The molecule has 0 aromatic carbocycles. The van der Waals surface area contributed by atoms with Crippen molar-refractivity contribution in [1.29, 1.82) is 0 Å². The molecule has 35 heavy (non-hydrogen) atoms. The molecule has 3 aromatic rings. The Morgan fingerprint density at radius 3 is 1.71 bits per heavy atom.